The first-order chi connectivity index (χ1) is 19.6. The van der Waals surface area contributed by atoms with Gasteiger partial charge in [-0.1, -0.05) is 66.2 Å². The number of carbonyl (C=O) groups is 1. The number of aromatic carboxylic acids is 1. The molecule has 41 heavy (non-hydrogen) atoms. The summed E-state index contributed by atoms with van der Waals surface area (Å²) in [6.07, 6.45) is 0.959. The number of imidazole rings is 1. The fourth-order valence-corrected chi connectivity index (χ4v) is 4.56. The lowest BCUT2D eigenvalue weighted by Crippen LogP contribution is -2.04. The van der Waals surface area contributed by atoms with Crippen molar-refractivity contribution in [1.29, 1.82) is 0 Å². The molecule has 0 spiro atoms. The third kappa shape index (κ3) is 6.56. The molecule has 0 aliphatic carbocycles. The number of nitrogens with zero attached hydrogens (tertiary/aromatic N) is 2. The number of rotatable bonds is 7. The molecule has 5 rings (SSSR count). The van der Waals surface area contributed by atoms with Crippen LogP contribution in [0, 0.1) is 5.82 Å². The van der Waals surface area contributed by atoms with Gasteiger partial charge in [-0.25, -0.2) is 14.2 Å². The van der Waals surface area contributed by atoms with E-state index in [1.165, 1.54) is 30.3 Å². The molecule has 0 unspecified atom stereocenters. The largest absolute Gasteiger partial charge is 0.478 e. The number of halogens is 5. The van der Waals surface area contributed by atoms with Gasteiger partial charge >= 0.3 is 12.1 Å². The second kappa shape index (κ2) is 11.4. The number of carboxylic acids is 1. The van der Waals surface area contributed by atoms with Crippen LogP contribution in [-0.4, -0.2) is 20.6 Å². The van der Waals surface area contributed by atoms with Crippen molar-refractivity contribution in [2.24, 2.45) is 0 Å². The molecule has 1 N–H and O–H groups in total. The van der Waals surface area contributed by atoms with E-state index < -0.39 is 23.5 Å². The average Bonchev–Trinajstić information content (AvgIpc) is 3.34. The molecule has 0 bridgehead atoms. The molecular weight excluding hydrogens is 556 g/mol. The predicted octanol–water partition coefficient (Wildman–Crippen LogP) is 8.95. The summed E-state index contributed by atoms with van der Waals surface area (Å²) in [7, 11) is 0. The first-order valence-electron chi connectivity index (χ1n) is 12.4. The number of hydrogen-bond donors (Lipinski definition) is 1. The average molecular weight is 577 g/mol. The van der Waals surface area contributed by atoms with Crippen molar-refractivity contribution in [2.45, 2.75) is 12.7 Å². The third-order valence-electron chi connectivity index (χ3n) is 6.43. The van der Waals surface area contributed by atoms with Gasteiger partial charge < -0.3 is 9.67 Å². The highest BCUT2D eigenvalue weighted by Crippen LogP contribution is 2.32. The van der Waals surface area contributed by atoms with Gasteiger partial charge in [0.15, 0.2) is 0 Å². The van der Waals surface area contributed by atoms with Crippen LogP contribution in [0.3, 0.4) is 0 Å². The number of hydrogen-bond acceptors (Lipinski definition) is 2. The second-order valence-electron chi connectivity index (χ2n) is 9.27. The van der Waals surface area contributed by atoms with Crippen molar-refractivity contribution in [1.82, 2.24) is 9.55 Å². The molecule has 0 saturated carbocycles. The smallest absolute Gasteiger partial charge is 0.416 e. The van der Waals surface area contributed by atoms with Gasteiger partial charge in [0.1, 0.15) is 11.6 Å². The molecular formula is C32H21ClF4N2O2. The van der Waals surface area contributed by atoms with Crippen molar-refractivity contribution in [2.75, 3.05) is 0 Å². The molecule has 9 heteroatoms. The molecule has 4 aromatic carbocycles. The standard InChI is InChI=1S/C32H21ClF4N2O2/c33-28-17-26(34)13-14-27(28)29-19-39(18-21-6-11-23(12-7-21)31(40)41)30(38-29)15-8-20-4-9-22(10-5-20)24-2-1-3-25(16-24)32(35,36)37/h1-17,19H,18H2,(H,40,41)/b15-8+. The van der Waals surface area contributed by atoms with Crippen molar-refractivity contribution < 1.29 is 27.5 Å². The van der Waals surface area contributed by atoms with Crippen molar-refractivity contribution in [3.8, 4) is 22.4 Å². The van der Waals surface area contributed by atoms with Gasteiger partial charge in [-0.3, -0.25) is 0 Å². The minimum absolute atomic E-state index is 0.173. The molecule has 206 valence electrons. The lowest BCUT2D eigenvalue weighted by Gasteiger charge is -2.09. The summed E-state index contributed by atoms with van der Waals surface area (Å²) in [5.74, 6) is -0.926. The van der Waals surface area contributed by atoms with E-state index in [1.54, 1.807) is 60.8 Å². The Kier molecular flexibility index (Phi) is 7.77. The number of alkyl halides is 3. The minimum atomic E-state index is -4.42. The zero-order valence-electron chi connectivity index (χ0n) is 21.2. The molecule has 0 atom stereocenters. The van der Waals surface area contributed by atoms with Crippen LogP contribution in [-0.2, 0) is 12.7 Å². The molecule has 0 fully saturated rings. The predicted molar refractivity (Wildman–Crippen MR) is 151 cm³/mol. The zero-order valence-corrected chi connectivity index (χ0v) is 22.0. The topological polar surface area (TPSA) is 55.1 Å². The highest BCUT2D eigenvalue weighted by molar-refractivity contribution is 6.33. The maximum atomic E-state index is 13.6. The summed E-state index contributed by atoms with van der Waals surface area (Å²) in [5, 5.41) is 9.39. The van der Waals surface area contributed by atoms with Gasteiger partial charge in [-0.2, -0.15) is 13.2 Å². The van der Waals surface area contributed by atoms with E-state index in [1.807, 2.05) is 10.6 Å². The second-order valence-corrected chi connectivity index (χ2v) is 9.68. The van der Waals surface area contributed by atoms with Gasteiger partial charge in [-0.15, -0.1) is 0 Å². The van der Waals surface area contributed by atoms with E-state index in [4.69, 9.17) is 16.6 Å². The molecule has 0 radical (unpaired) electrons. The van der Waals surface area contributed by atoms with E-state index in [9.17, 15) is 27.5 Å². The van der Waals surface area contributed by atoms with Crippen molar-refractivity contribution in [3.63, 3.8) is 0 Å². The number of benzene rings is 4. The number of aromatic nitrogens is 2. The highest BCUT2D eigenvalue weighted by Gasteiger charge is 2.30. The Morgan fingerprint density at radius 1 is 0.902 bits per heavy atom. The van der Waals surface area contributed by atoms with Gasteiger partial charge in [-0.05, 0) is 70.8 Å². The molecule has 0 aliphatic rings. The lowest BCUT2D eigenvalue weighted by molar-refractivity contribution is -0.137. The Bertz CT molecular complexity index is 1740. The van der Waals surface area contributed by atoms with Crippen LogP contribution >= 0.6 is 11.6 Å². The van der Waals surface area contributed by atoms with E-state index in [0.29, 0.717) is 34.8 Å². The van der Waals surface area contributed by atoms with Crippen LogP contribution in [0.25, 0.3) is 34.5 Å². The maximum Gasteiger partial charge on any atom is 0.416 e. The van der Waals surface area contributed by atoms with Crippen LogP contribution in [0.15, 0.2) is 97.2 Å². The molecule has 4 nitrogen and oxygen atoms in total. The molecule has 0 saturated heterocycles. The van der Waals surface area contributed by atoms with Gasteiger partial charge in [0, 0.05) is 18.3 Å². The Morgan fingerprint density at radius 3 is 2.29 bits per heavy atom. The molecule has 1 heterocycles. The molecule has 0 aliphatic heterocycles. The summed E-state index contributed by atoms with van der Waals surface area (Å²) in [5.41, 5.74) is 3.28. The Labute approximate surface area is 237 Å². The summed E-state index contributed by atoms with van der Waals surface area (Å²) >= 11 is 6.28. The van der Waals surface area contributed by atoms with Crippen LogP contribution < -0.4 is 0 Å². The first-order valence-corrected chi connectivity index (χ1v) is 12.8. The van der Waals surface area contributed by atoms with Crippen LogP contribution in [0.1, 0.15) is 32.9 Å². The van der Waals surface area contributed by atoms with Crippen molar-refractivity contribution >= 4 is 29.7 Å². The zero-order chi connectivity index (χ0) is 29.1. The summed E-state index contributed by atoms with van der Waals surface area (Å²) in [4.78, 5) is 15.9. The quantitative estimate of drug-likeness (QED) is 0.197. The molecule has 1 aromatic heterocycles. The SMILES string of the molecule is O=C(O)c1ccc(Cn2cc(-c3ccc(F)cc3Cl)nc2/C=C/c2ccc(-c3cccc(C(F)(F)F)c3)cc2)cc1. The Morgan fingerprint density at radius 2 is 1.63 bits per heavy atom. The minimum Gasteiger partial charge on any atom is -0.478 e. The van der Waals surface area contributed by atoms with Crippen LogP contribution in [0.2, 0.25) is 5.02 Å². The van der Waals surface area contributed by atoms with E-state index >= 15 is 0 Å². The van der Waals surface area contributed by atoms with Gasteiger partial charge in [0.05, 0.1) is 21.8 Å². The lowest BCUT2D eigenvalue weighted by atomic mass is 10.0. The fraction of sp³-hybridized carbons (Fsp3) is 0.0625. The van der Waals surface area contributed by atoms with Gasteiger partial charge in [0.25, 0.3) is 0 Å². The van der Waals surface area contributed by atoms with Crippen molar-refractivity contribution in [3.05, 3.63) is 136 Å². The monoisotopic (exact) mass is 576 g/mol. The fourth-order valence-electron chi connectivity index (χ4n) is 4.30. The Balaban J connectivity index is 1.44. The van der Waals surface area contributed by atoms with Crippen LogP contribution in [0.5, 0.6) is 0 Å². The summed E-state index contributed by atoms with van der Waals surface area (Å²) in [6, 6.07) is 22.8. The van der Waals surface area contributed by atoms with Gasteiger partial charge in [0.2, 0.25) is 0 Å². The summed E-state index contributed by atoms with van der Waals surface area (Å²) < 4.78 is 54.8. The van der Waals surface area contributed by atoms with E-state index in [0.717, 1.165) is 23.3 Å². The number of carboxylic acid groups (broad SMARTS) is 1. The molecule has 5 aromatic rings. The van der Waals surface area contributed by atoms with E-state index in [-0.39, 0.29) is 10.6 Å². The first kappa shape index (κ1) is 27.9. The highest BCUT2D eigenvalue weighted by atomic mass is 35.5. The normalized spacial score (nSPS) is 11.7. The summed E-state index contributed by atoms with van der Waals surface area (Å²) in [6.45, 7) is 0.375. The molecule has 0 amide bonds. The third-order valence-corrected chi connectivity index (χ3v) is 6.74. The Hall–Kier alpha value is -4.69. The van der Waals surface area contributed by atoms with E-state index in [2.05, 4.69) is 0 Å². The van der Waals surface area contributed by atoms with Crippen LogP contribution in [0.4, 0.5) is 17.6 Å². The maximum absolute atomic E-state index is 13.6.